The third kappa shape index (κ3) is 2.05. The molecular weight excluding hydrogens is 210 g/mol. The molecule has 0 aliphatic carbocycles. The zero-order chi connectivity index (χ0) is 11.5. The van der Waals surface area contributed by atoms with Gasteiger partial charge in [0.15, 0.2) is 0 Å². The minimum atomic E-state index is -0.166. The molecule has 16 heavy (non-hydrogen) atoms. The van der Waals surface area contributed by atoms with E-state index in [2.05, 4.69) is 5.16 Å². The number of hydrogen-bond acceptors (Lipinski definition) is 4. The Bertz CT molecular complexity index is 380. The summed E-state index contributed by atoms with van der Waals surface area (Å²) in [7, 11) is 0. The van der Waals surface area contributed by atoms with E-state index in [1.165, 1.54) is 13.1 Å². The Morgan fingerprint density at radius 2 is 1.88 bits per heavy atom. The van der Waals surface area contributed by atoms with Crippen LogP contribution in [-0.4, -0.2) is 52.9 Å². The topological polar surface area (TPSA) is 66.7 Å². The molecule has 0 atom stereocenters. The Labute approximate surface area is 92.8 Å². The normalized spacial score (nSPS) is 16.3. The number of hydrogen-bond donors (Lipinski definition) is 0. The van der Waals surface area contributed by atoms with Crippen molar-refractivity contribution in [3.8, 4) is 0 Å². The van der Waals surface area contributed by atoms with Crippen LogP contribution in [0.1, 0.15) is 17.5 Å². The van der Waals surface area contributed by atoms with Gasteiger partial charge in [0.05, 0.1) is 6.20 Å². The quantitative estimate of drug-likeness (QED) is 0.671. The molecule has 86 valence electrons. The van der Waals surface area contributed by atoms with Gasteiger partial charge in [0.2, 0.25) is 11.7 Å². The highest BCUT2D eigenvalue weighted by Gasteiger charge is 2.24. The minimum Gasteiger partial charge on any atom is -0.351 e. The van der Waals surface area contributed by atoms with Crippen LogP contribution in [0.2, 0.25) is 0 Å². The van der Waals surface area contributed by atoms with Gasteiger partial charge in [-0.1, -0.05) is 5.16 Å². The maximum Gasteiger partial charge on any atom is 0.292 e. The number of rotatable bonds is 1. The molecule has 1 aromatic heterocycles. The van der Waals surface area contributed by atoms with Gasteiger partial charge in [0, 0.05) is 39.2 Å². The van der Waals surface area contributed by atoms with Gasteiger partial charge in [-0.25, -0.2) is 0 Å². The molecule has 6 nitrogen and oxygen atoms in total. The molecule has 1 aliphatic heterocycles. The Morgan fingerprint density at radius 3 is 2.38 bits per heavy atom. The molecule has 2 amide bonds. The van der Waals surface area contributed by atoms with Gasteiger partial charge >= 0.3 is 0 Å². The first kappa shape index (κ1) is 10.7. The van der Waals surface area contributed by atoms with Crippen molar-refractivity contribution >= 4 is 11.8 Å². The van der Waals surface area contributed by atoms with E-state index in [0.29, 0.717) is 26.2 Å². The number of carbonyl (C=O) groups excluding carboxylic acids is 2. The first-order valence-corrected chi connectivity index (χ1v) is 5.14. The summed E-state index contributed by atoms with van der Waals surface area (Å²) in [5.74, 6) is 0.128. The zero-order valence-electron chi connectivity index (χ0n) is 9.05. The van der Waals surface area contributed by atoms with Crippen LogP contribution in [0.15, 0.2) is 16.8 Å². The summed E-state index contributed by atoms with van der Waals surface area (Å²) in [4.78, 5) is 26.3. The molecule has 1 fully saturated rings. The SMILES string of the molecule is CC(=O)N1CCN(C(=O)c2ccno2)CC1. The van der Waals surface area contributed by atoms with Crippen LogP contribution in [0.5, 0.6) is 0 Å². The van der Waals surface area contributed by atoms with Crippen molar-refractivity contribution in [2.24, 2.45) is 0 Å². The summed E-state index contributed by atoms with van der Waals surface area (Å²) in [6.45, 7) is 3.77. The van der Waals surface area contributed by atoms with Crippen molar-refractivity contribution in [3.05, 3.63) is 18.0 Å². The van der Waals surface area contributed by atoms with Crippen LogP contribution >= 0.6 is 0 Å². The smallest absolute Gasteiger partial charge is 0.292 e. The van der Waals surface area contributed by atoms with E-state index in [1.807, 2.05) is 0 Å². The summed E-state index contributed by atoms with van der Waals surface area (Å²) >= 11 is 0. The third-order valence-corrected chi connectivity index (χ3v) is 2.66. The predicted octanol–water partition coefficient (Wildman–Crippen LogP) is -0.0211. The lowest BCUT2D eigenvalue weighted by Gasteiger charge is -2.33. The molecule has 0 saturated carbocycles. The Balaban J connectivity index is 1.94. The largest absolute Gasteiger partial charge is 0.351 e. The van der Waals surface area contributed by atoms with Crippen molar-refractivity contribution in [1.82, 2.24) is 15.0 Å². The molecule has 6 heteroatoms. The summed E-state index contributed by atoms with van der Waals surface area (Å²) in [6, 6.07) is 1.54. The van der Waals surface area contributed by atoms with Crippen molar-refractivity contribution in [2.45, 2.75) is 6.92 Å². The molecule has 0 N–H and O–H groups in total. The number of aromatic nitrogens is 1. The maximum atomic E-state index is 11.8. The monoisotopic (exact) mass is 223 g/mol. The summed E-state index contributed by atoms with van der Waals surface area (Å²) < 4.78 is 4.80. The highest BCUT2D eigenvalue weighted by atomic mass is 16.5. The molecule has 2 heterocycles. The average molecular weight is 223 g/mol. The van der Waals surface area contributed by atoms with Crippen LogP contribution in [0.4, 0.5) is 0 Å². The van der Waals surface area contributed by atoms with Crippen LogP contribution < -0.4 is 0 Å². The molecule has 1 aromatic rings. The molecule has 2 rings (SSSR count). The average Bonchev–Trinajstić information content (AvgIpc) is 2.81. The van der Waals surface area contributed by atoms with Gasteiger partial charge in [0.1, 0.15) is 0 Å². The van der Waals surface area contributed by atoms with Gasteiger partial charge in [-0.15, -0.1) is 0 Å². The highest BCUT2D eigenvalue weighted by molar-refractivity contribution is 5.91. The number of piperazine rings is 1. The summed E-state index contributed by atoms with van der Waals surface area (Å²) in [5, 5.41) is 3.49. The fourth-order valence-electron chi connectivity index (χ4n) is 1.71. The van der Waals surface area contributed by atoms with Crippen LogP contribution in [0.25, 0.3) is 0 Å². The molecule has 0 unspecified atom stereocenters. The van der Waals surface area contributed by atoms with Crippen molar-refractivity contribution in [2.75, 3.05) is 26.2 Å². The van der Waals surface area contributed by atoms with E-state index in [0.717, 1.165) is 0 Å². The Hall–Kier alpha value is -1.85. The minimum absolute atomic E-state index is 0.0479. The maximum absolute atomic E-state index is 11.8. The van der Waals surface area contributed by atoms with Gasteiger partial charge < -0.3 is 14.3 Å². The Morgan fingerprint density at radius 1 is 1.25 bits per heavy atom. The first-order valence-electron chi connectivity index (χ1n) is 5.14. The van der Waals surface area contributed by atoms with Crippen LogP contribution in [0, 0.1) is 0 Å². The second-order valence-electron chi connectivity index (χ2n) is 3.67. The number of carbonyl (C=O) groups is 2. The van der Waals surface area contributed by atoms with Gasteiger partial charge in [-0.2, -0.15) is 0 Å². The predicted molar refractivity (Wildman–Crippen MR) is 54.7 cm³/mol. The van der Waals surface area contributed by atoms with E-state index in [-0.39, 0.29) is 17.6 Å². The van der Waals surface area contributed by atoms with E-state index in [4.69, 9.17) is 4.52 Å². The van der Waals surface area contributed by atoms with Crippen molar-refractivity contribution in [3.63, 3.8) is 0 Å². The second kappa shape index (κ2) is 4.34. The highest BCUT2D eigenvalue weighted by Crippen LogP contribution is 2.08. The molecule has 0 bridgehead atoms. The zero-order valence-corrected chi connectivity index (χ0v) is 9.05. The standard InChI is InChI=1S/C10H13N3O3/c1-8(14)12-4-6-13(7-5-12)10(15)9-2-3-11-16-9/h2-3H,4-7H2,1H3. The third-order valence-electron chi connectivity index (χ3n) is 2.66. The van der Waals surface area contributed by atoms with Gasteiger partial charge in [-0.05, 0) is 0 Å². The molecule has 0 radical (unpaired) electrons. The number of nitrogens with zero attached hydrogens (tertiary/aromatic N) is 3. The van der Waals surface area contributed by atoms with Gasteiger partial charge in [-0.3, -0.25) is 9.59 Å². The molecule has 0 aromatic carbocycles. The molecule has 1 aliphatic rings. The van der Waals surface area contributed by atoms with Gasteiger partial charge in [0.25, 0.3) is 5.91 Å². The number of amides is 2. The fourth-order valence-corrected chi connectivity index (χ4v) is 1.71. The summed E-state index contributed by atoms with van der Waals surface area (Å²) in [6.07, 6.45) is 1.44. The first-order chi connectivity index (χ1) is 7.68. The summed E-state index contributed by atoms with van der Waals surface area (Å²) in [5.41, 5.74) is 0. The van der Waals surface area contributed by atoms with E-state index in [9.17, 15) is 9.59 Å². The second-order valence-corrected chi connectivity index (χ2v) is 3.67. The van der Waals surface area contributed by atoms with Crippen LogP contribution in [-0.2, 0) is 4.79 Å². The van der Waals surface area contributed by atoms with Crippen molar-refractivity contribution < 1.29 is 14.1 Å². The van der Waals surface area contributed by atoms with E-state index in [1.54, 1.807) is 15.9 Å². The van der Waals surface area contributed by atoms with E-state index < -0.39 is 0 Å². The molecular formula is C10H13N3O3. The van der Waals surface area contributed by atoms with Crippen molar-refractivity contribution in [1.29, 1.82) is 0 Å². The van der Waals surface area contributed by atoms with E-state index >= 15 is 0 Å². The Kier molecular flexibility index (Phi) is 2.89. The fraction of sp³-hybridized carbons (Fsp3) is 0.500. The van der Waals surface area contributed by atoms with Crippen LogP contribution in [0.3, 0.4) is 0 Å². The lowest BCUT2D eigenvalue weighted by molar-refractivity contribution is -0.130. The molecule has 1 saturated heterocycles. The molecule has 0 spiro atoms. The lowest BCUT2D eigenvalue weighted by Crippen LogP contribution is -2.50. The lowest BCUT2D eigenvalue weighted by atomic mass is 10.3.